The Labute approximate surface area is 141 Å². The maximum atomic E-state index is 4.67. The summed E-state index contributed by atoms with van der Waals surface area (Å²) in [6.45, 7) is 8.16. The second-order valence-corrected chi connectivity index (χ2v) is 6.40. The van der Waals surface area contributed by atoms with Crippen LogP contribution in [0.25, 0.3) is 32.8 Å². The molecule has 0 spiro atoms. The molecule has 4 aromatic rings. The lowest BCUT2D eigenvalue weighted by molar-refractivity contribution is 1.12. The maximum Gasteiger partial charge on any atom is 0.0781 e. The topological polar surface area (TPSA) is 38.7 Å². The van der Waals surface area contributed by atoms with E-state index in [1.165, 1.54) is 21.5 Å². The molecule has 0 unspecified atom stereocenters. The normalized spacial score (nSPS) is 11.3. The predicted octanol–water partition coefficient (Wildman–Crippen LogP) is 5.08. The Bertz CT molecular complexity index is 1080. The van der Waals surface area contributed by atoms with Gasteiger partial charge in [0, 0.05) is 45.3 Å². The molecule has 0 aliphatic heterocycles. The number of rotatable bonds is 1. The van der Waals surface area contributed by atoms with Gasteiger partial charge in [0.1, 0.15) is 0 Å². The zero-order chi connectivity index (χ0) is 16.8. The first-order valence-corrected chi connectivity index (χ1v) is 8.14. The van der Waals surface area contributed by atoms with Crippen molar-refractivity contribution in [3.63, 3.8) is 0 Å². The summed E-state index contributed by atoms with van der Waals surface area (Å²) in [6.07, 6.45) is 1.90. The van der Waals surface area contributed by atoms with Gasteiger partial charge < -0.3 is 0 Å². The highest BCUT2D eigenvalue weighted by Gasteiger charge is 2.11. The van der Waals surface area contributed by atoms with E-state index in [4.69, 9.17) is 0 Å². The fraction of sp³-hybridized carbons (Fsp3) is 0.190. The minimum absolute atomic E-state index is 1.01. The molecule has 0 bridgehead atoms. The lowest BCUT2D eigenvalue weighted by atomic mass is 9.98. The second kappa shape index (κ2) is 5.38. The standard InChI is InChI=1S/C21H19N3/c1-12-9-16(10-13(2)23-12)21-19-6-5-17-15(4)24-14(3)11-20(17)18(19)7-8-22-21/h5-11H,1-4H3. The molecule has 0 fully saturated rings. The van der Waals surface area contributed by atoms with Crippen molar-refractivity contribution in [3.8, 4) is 11.3 Å². The van der Waals surface area contributed by atoms with Crippen LogP contribution in [0.2, 0.25) is 0 Å². The van der Waals surface area contributed by atoms with Crippen LogP contribution in [0.15, 0.2) is 42.6 Å². The number of benzene rings is 1. The van der Waals surface area contributed by atoms with Crippen molar-refractivity contribution in [1.82, 2.24) is 15.0 Å². The Morgan fingerprint density at radius 2 is 1.29 bits per heavy atom. The van der Waals surface area contributed by atoms with Crippen LogP contribution in [0.1, 0.15) is 22.8 Å². The molecule has 3 heterocycles. The minimum atomic E-state index is 1.01. The molecule has 0 saturated carbocycles. The van der Waals surface area contributed by atoms with Crippen LogP contribution in [-0.4, -0.2) is 15.0 Å². The largest absolute Gasteiger partial charge is 0.258 e. The van der Waals surface area contributed by atoms with Gasteiger partial charge in [0.25, 0.3) is 0 Å². The fourth-order valence-corrected chi connectivity index (χ4v) is 3.52. The highest BCUT2D eigenvalue weighted by atomic mass is 14.7. The van der Waals surface area contributed by atoms with Gasteiger partial charge in [-0.2, -0.15) is 0 Å². The van der Waals surface area contributed by atoms with Crippen LogP contribution in [0, 0.1) is 27.7 Å². The van der Waals surface area contributed by atoms with E-state index >= 15 is 0 Å². The Morgan fingerprint density at radius 3 is 2.04 bits per heavy atom. The first-order chi connectivity index (χ1) is 11.5. The highest BCUT2D eigenvalue weighted by Crippen LogP contribution is 2.33. The quantitative estimate of drug-likeness (QED) is 0.460. The molecule has 0 aliphatic rings. The smallest absolute Gasteiger partial charge is 0.0781 e. The second-order valence-electron chi connectivity index (χ2n) is 6.40. The van der Waals surface area contributed by atoms with Gasteiger partial charge in [0.05, 0.1) is 5.69 Å². The minimum Gasteiger partial charge on any atom is -0.258 e. The summed E-state index contributed by atoms with van der Waals surface area (Å²) >= 11 is 0. The fourth-order valence-electron chi connectivity index (χ4n) is 3.52. The molecule has 24 heavy (non-hydrogen) atoms. The van der Waals surface area contributed by atoms with Gasteiger partial charge in [-0.25, -0.2) is 0 Å². The SMILES string of the molecule is Cc1cc(-c2nccc3c2ccc2c(C)nc(C)cc23)cc(C)n1. The highest BCUT2D eigenvalue weighted by molar-refractivity contribution is 6.11. The Balaban J connectivity index is 2.10. The number of hydrogen-bond donors (Lipinski definition) is 0. The van der Waals surface area contributed by atoms with Gasteiger partial charge in [0.2, 0.25) is 0 Å². The van der Waals surface area contributed by atoms with Gasteiger partial charge in [-0.05, 0) is 62.7 Å². The number of aromatic nitrogens is 3. The summed E-state index contributed by atoms with van der Waals surface area (Å²) in [5, 5.41) is 4.83. The van der Waals surface area contributed by atoms with E-state index in [-0.39, 0.29) is 0 Å². The third kappa shape index (κ3) is 2.33. The molecule has 118 valence electrons. The first-order valence-electron chi connectivity index (χ1n) is 8.14. The van der Waals surface area contributed by atoms with E-state index in [0.29, 0.717) is 0 Å². The zero-order valence-electron chi connectivity index (χ0n) is 14.4. The van der Waals surface area contributed by atoms with Gasteiger partial charge in [0.15, 0.2) is 0 Å². The molecule has 3 nitrogen and oxygen atoms in total. The van der Waals surface area contributed by atoms with Crippen molar-refractivity contribution < 1.29 is 0 Å². The van der Waals surface area contributed by atoms with Crippen LogP contribution in [0.5, 0.6) is 0 Å². The van der Waals surface area contributed by atoms with Gasteiger partial charge in [-0.1, -0.05) is 12.1 Å². The predicted molar refractivity (Wildman–Crippen MR) is 99.2 cm³/mol. The molecule has 3 aromatic heterocycles. The molecule has 0 N–H and O–H groups in total. The Hall–Kier alpha value is -2.81. The van der Waals surface area contributed by atoms with Crippen molar-refractivity contribution in [2.75, 3.05) is 0 Å². The summed E-state index contributed by atoms with van der Waals surface area (Å²) in [5.74, 6) is 0. The molecule has 3 heteroatoms. The zero-order valence-corrected chi connectivity index (χ0v) is 14.4. The third-order valence-electron chi connectivity index (χ3n) is 4.43. The van der Waals surface area contributed by atoms with E-state index in [0.717, 1.165) is 34.0 Å². The van der Waals surface area contributed by atoms with Gasteiger partial charge in [-0.3, -0.25) is 15.0 Å². The Morgan fingerprint density at radius 1 is 0.625 bits per heavy atom. The summed E-state index contributed by atoms with van der Waals surface area (Å²) in [4.78, 5) is 13.7. The van der Waals surface area contributed by atoms with E-state index < -0.39 is 0 Å². The number of nitrogens with zero attached hydrogens (tertiary/aromatic N) is 3. The summed E-state index contributed by atoms with van der Waals surface area (Å²) in [6, 6.07) is 12.8. The lowest BCUT2D eigenvalue weighted by Gasteiger charge is -2.11. The van der Waals surface area contributed by atoms with Crippen LogP contribution in [0.3, 0.4) is 0 Å². The number of pyridine rings is 3. The molecule has 0 atom stereocenters. The average Bonchev–Trinajstić information content (AvgIpc) is 2.53. The molecule has 1 aromatic carbocycles. The van der Waals surface area contributed by atoms with Gasteiger partial charge >= 0.3 is 0 Å². The molecule has 4 rings (SSSR count). The van der Waals surface area contributed by atoms with Crippen molar-refractivity contribution in [2.24, 2.45) is 0 Å². The van der Waals surface area contributed by atoms with Crippen LogP contribution < -0.4 is 0 Å². The number of aryl methyl sites for hydroxylation is 4. The molecular weight excluding hydrogens is 294 g/mol. The van der Waals surface area contributed by atoms with E-state index in [9.17, 15) is 0 Å². The average molecular weight is 313 g/mol. The van der Waals surface area contributed by atoms with E-state index in [1.807, 2.05) is 27.0 Å². The summed E-state index contributed by atoms with van der Waals surface area (Å²) in [7, 11) is 0. The molecule has 0 aliphatic carbocycles. The van der Waals surface area contributed by atoms with Crippen LogP contribution in [0.4, 0.5) is 0 Å². The van der Waals surface area contributed by atoms with Crippen molar-refractivity contribution in [1.29, 1.82) is 0 Å². The van der Waals surface area contributed by atoms with Crippen molar-refractivity contribution in [2.45, 2.75) is 27.7 Å². The molecule has 0 amide bonds. The summed E-state index contributed by atoms with van der Waals surface area (Å²) < 4.78 is 0. The van der Waals surface area contributed by atoms with Crippen LogP contribution in [-0.2, 0) is 0 Å². The molecular formula is C21H19N3. The third-order valence-corrected chi connectivity index (χ3v) is 4.43. The first kappa shape index (κ1) is 14.8. The molecule has 0 radical (unpaired) electrons. The van der Waals surface area contributed by atoms with E-state index in [2.05, 4.69) is 58.3 Å². The Kier molecular flexibility index (Phi) is 3.31. The number of hydrogen-bond acceptors (Lipinski definition) is 3. The van der Waals surface area contributed by atoms with E-state index in [1.54, 1.807) is 0 Å². The summed E-state index contributed by atoms with van der Waals surface area (Å²) in [5.41, 5.74) is 6.27. The van der Waals surface area contributed by atoms with Crippen LogP contribution >= 0.6 is 0 Å². The van der Waals surface area contributed by atoms with Crippen molar-refractivity contribution >= 4 is 21.5 Å². The van der Waals surface area contributed by atoms with Gasteiger partial charge in [-0.15, -0.1) is 0 Å². The van der Waals surface area contributed by atoms with Crippen molar-refractivity contribution in [3.05, 3.63) is 65.4 Å². The maximum absolute atomic E-state index is 4.67. The monoisotopic (exact) mass is 313 g/mol. The lowest BCUT2D eigenvalue weighted by Crippen LogP contribution is -1.93. The molecule has 0 saturated heterocycles. The number of fused-ring (bicyclic) bond motifs is 3.